The van der Waals surface area contributed by atoms with E-state index in [0.29, 0.717) is 0 Å². The molecule has 0 aliphatic rings. The summed E-state index contributed by atoms with van der Waals surface area (Å²) in [6.45, 7) is 2.13. The second kappa shape index (κ2) is 5.75. The minimum Gasteiger partial charge on any atom is -0.267 e. The molecule has 3 nitrogen and oxygen atoms in total. The topological polar surface area (TPSA) is 34.9 Å². The van der Waals surface area contributed by atoms with Crippen LogP contribution in [0.15, 0.2) is 71.5 Å². The average molecular weight is 276 g/mol. The molecule has 1 aromatic heterocycles. The maximum absolute atomic E-state index is 12.0. The Balaban J connectivity index is 2.06. The highest BCUT2D eigenvalue weighted by molar-refractivity contribution is 5.59. The van der Waals surface area contributed by atoms with Gasteiger partial charge >= 0.3 is 0 Å². The van der Waals surface area contributed by atoms with Crippen LogP contribution in [-0.4, -0.2) is 9.78 Å². The van der Waals surface area contributed by atoms with Gasteiger partial charge in [0.2, 0.25) is 0 Å². The fourth-order valence-electron chi connectivity index (χ4n) is 2.23. The summed E-state index contributed by atoms with van der Waals surface area (Å²) in [5, 5.41) is 4.47. The van der Waals surface area contributed by atoms with Gasteiger partial charge in [-0.25, -0.2) is 0 Å². The van der Waals surface area contributed by atoms with Gasteiger partial charge in [-0.1, -0.05) is 49.4 Å². The molecule has 0 radical (unpaired) electrons. The molecule has 0 amide bonds. The van der Waals surface area contributed by atoms with Gasteiger partial charge in [-0.05, 0) is 30.2 Å². The number of hydrogen-bond acceptors (Lipinski definition) is 2. The number of rotatable bonds is 3. The van der Waals surface area contributed by atoms with Crippen molar-refractivity contribution in [3.8, 4) is 16.9 Å². The number of benzene rings is 2. The Hall–Kier alpha value is -2.68. The quantitative estimate of drug-likeness (QED) is 0.734. The molecule has 0 spiro atoms. The lowest BCUT2D eigenvalue weighted by atomic mass is 10.1. The van der Waals surface area contributed by atoms with Crippen molar-refractivity contribution in [3.05, 3.63) is 82.6 Å². The van der Waals surface area contributed by atoms with Gasteiger partial charge in [0.05, 0.1) is 11.4 Å². The summed E-state index contributed by atoms with van der Waals surface area (Å²) in [4.78, 5) is 12.0. The molecule has 21 heavy (non-hydrogen) atoms. The normalized spacial score (nSPS) is 10.5. The van der Waals surface area contributed by atoms with Crippen molar-refractivity contribution >= 4 is 0 Å². The van der Waals surface area contributed by atoms with Crippen LogP contribution >= 0.6 is 0 Å². The molecule has 0 aliphatic carbocycles. The van der Waals surface area contributed by atoms with Crippen molar-refractivity contribution in [1.29, 1.82) is 0 Å². The number of hydrogen-bond donors (Lipinski definition) is 0. The third-order valence-corrected chi connectivity index (χ3v) is 3.46. The predicted octanol–water partition coefficient (Wildman–Crippen LogP) is 3.46. The van der Waals surface area contributed by atoms with Crippen LogP contribution in [0.2, 0.25) is 0 Å². The third kappa shape index (κ3) is 2.77. The Morgan fingerprint density at radius 3 is 2.29 bits per heavy atom. The fraction of sp³-hybridized carbons (Fsp3) is 0.111. The summed E-state index contributed by atoms with van der Waals surface area (Å²) in [6, 6.07) is 21.1. The van der Waals surface area contributed by atoms with Gasteiger partial charge in [0, 0.05) is 11.6 Å². The first-order chi connectivity index (χ1) is 10.3. The first kappa shape index (κ1) is 13.3. The molecule has 0 bridgehead atoms. The largest absolute Gasteiger partial charge is 0.271 e. The molecule has 3 heteroatoms. The minimum absolute atomic E-state index is 0.130. The zero-order valence-corrected chi connectivity index (χ0v) is 11.9. The van der Waals surface area contributed by atoms with Crippen LogP contribution in [0.25, 0.3) is 16.9 Å². The van der Waals surface area contributed by atoms with Gasteiger partial charge in [0.15, 0.2) is 0 Å². The van der Waals surface area contributed by atoms with E-state index < -0.39 is 0 Å². The SMILES string of the molecule is CCc1ccc(-c2ccc(=O)n(-c3ccccc3)n2)cc1. The Labute approximate surface area is 123 Å². The first-order valence-electron chi connectivity index (χ1n) is 7.03. The zero-order valence-electron chi connectivity index (χ0n) is 11.9. The highest BCUT2D eigenvalue weighted by Crippen LogP contribution is 2.17. The van der Waals surface area contributed by atoms with E-state index in [1.807, 2.05) is 42.5 Å². The van der Waals surface area contributed by atoms with E-state index in [9.17, 15) is 4.79 Å². The van der Waals surface area contributed by atoms with Crippen LogP contribution in [0.3, 0.4) is 0 Å². The monoisotopic (exact) mass is 276 g/mol. The molecule has 1 heterocycles. The maximum Gasteiger partial charge on any atom is 0.271 e. The Kier molecular flexibility index (Phi) is 3.65. The fourth-order valence-corrected chi connectivity index (χ4v) is 2.23. The van der Waals surface area contributed by atoms with Crippen molar-refractivity contribution < 1.29 is 0 Å². The predicted molar refractivity (Wildman–Crippen MR) is 84.6 cm³/mol. The van der Waals surface area contributed by atoms with Crippen LogP contribution in [0, 0.1) is 0 Å². The summed E-state index contributed by atoms with van der Waals surface area (Å²) in [6.07, 6.45) is 1.01. The molecule has 2 aromatic carbocycles. The summed E-state index contributed by atoms with van der Waals surface area (Å²) in [5.74, 6) is 0. The van der Waals surface area contributed by atoms with Crippen LogP contribution in [-0.2, 0) is 6.42 Å². The summed E-state index contributed by atoms with van der Waals surface area (Å²) in [5.41, 5.74) is 3.73. The van der Waals surface area contributed by atoms with Crippen molar-refractivity contribution in [3.63, 3.8) is 0 Å². The number of aromatic nitrogens is 2. The molecule has 0 unspecified atom stereocenters. The number of para-hydroxylation sites is 1. The van der Waals surface area contributed by atoms with Crippen LogP contribution < -0.4 is 5.56 Å². The van der Waals surface area contributed by atoms with E-state index in [1.165, 1.54) is 10.2 Å². The molecule has 0 N–H and O–H groups in total. The number of aryl methyl sites for hydroxylation is 1. The average Bonchev–Trinajstić information content (AvgIpc) is 2.56. The van der Waals surface area contributed by atoms with Crippen LogP contribution in [0.4, 0.5) is 0 Å². The van der Waals surface area contributed by atoms with E-state index in [0.717, 1.165) is 23.4 Å². The summed E-state index contributed by atoms with van der Waals surface area (Å²) < 4.78 is 1.43. The van der Waals surface area contributed by atoms with Gasteiger partial charge in [0.1, 0.15) is 0 Å². The van der Waals surface area contributed by atoms with Crippen LogP contribution in [0.5, 0.6) is 0 Å². The Morgan fingerprint density at radius 2 is 1.62 bits per heavy atom. The maximum atomic E-state index is 12.0. The lowest BCUT2D eigenvalue weighted by Gasteiger charge is -2.07. The molecule has 0 aliphatic heterocycles. The molecule has 0 saturated heterocycles. The lowest BCUT2D eigenvalue weighted by molar-refractivity contribution is 0.812. The summed E-state index contributed by atoms with van der Waals surface area (Å²) in [7, 11) is 0. The summed E-state index contributed by atoms with van der Waals surface area (Å²) >= 11 is 0. The van der Waals surface area contributed by atoms with Gasteiger partial charge in [-0.3, -0.25) is 4.79 Å². The second-order valence-corrected chi connectivity index (χ2v) is 4.85. The molecule has 0 saturated carbocycles. The Bertz CT molecular complexity index is 789. The number of nitrogens with zero attached hydrogens (tertiary/aromatic N) is 2. The second-order valence-electron chi connectivity index (χ2n) is 4.85. The van der Waals surface area contributed by atoms with Gasteiger partial charge in [-0.2, -0.15) is 9.78 Å². The molecule has 0 atom stereocenters. The Morgan fingerprint density at radius 1 is 0.905 bits per heavy atom. The van der Waals surface area contributed by atoms with Crippen molar-refractivity contribution in [2.75, 3.05) is 0 Å². The van der Waals surface area contributed by atoms with Crippen molar-refractivity contribution in [1.82, 2.24) is 9.78 Å². The molecular weight excluding hydrogens is 260 g/mol. The van der Waals surface area contributed by atoms with E-state index in [-0.39, 0.29) is 5.56 Å². The highest BCUT2D eigenvalue weighted by Gasteiger charge is 2.05. The molecule has 0 fully saturated rings. The molecule has 3 rings (SSSR count). The van der Waals surface area contributed by atoms with E-state index in [4.69, 9.17) is 0 Å². The van der Waals surface area contributed by atoms with Gasteiger partial charge in [-0.15, -0.1) is 0 Å². The van der Waals surface area contributed by atoms with E-state index in [1.54, 1.807) is 12.1 Å². The third-order valence-electron chi connectivity index (χ3n) is 3.46. The minimum atomic E-state index is -0.130. The highest BCUT2D eigenvalue weighted by atomic mass is 16.1. The van der Waals surface area contributed by atoms with Gasteiger partial charge in [0.25, 0.3) is 5.56 Å². The molecule has 3 aromatic rings. The van der Waals surface area contributed by atoms with E-state index in [2.05, 4.69) is 24.2 Å². The zero-order chi connectivity index (χ0) is 14.7. The first-order valence-corrected chi connectivity index (χ1v) is 7.03. The molecular formula is C18H16N2O. The van der Waals surface area contributed by atoms with Crippen molar-refractivity contribution in [2.24, 2.45) is 0 Å². The van der Waals surface area contributed by atoms with E-state index >= 15 is 0 Å². The lowest BCUT2D eigenvalue weighted by Crippen LogP contribution is -2.20. The van der Waals surface area contributed by atoms with Gasteiger partial charge < -0.3 is 0 Å². The van der Waals surface area contributed by atoms with Crippen molar-refractivity contribution in [2.45, 2.75) is 13.3 Å². The molecule has 104 valence electrons. The standard InChI is InChI=1S/C18H16N2O/c1-2-14-8-10-15(11-9-14)17-12-13-18(21)20(19-17)16-6-4-3-5-7-16/h3-13H,2H2,1H3. The van der Waals surface area contributed by atoms with Crippen LogP contribution in [0.1, 0.15) is 12.5 Å². The smallest absolute Gasteiger partial charge is 0.267 e.